The van der Waals surface area contributed by atoms with Gasteiger partial charge in [0.2, 0.25) is 5.91 Å². The fraction of sp³-hybridized carbons (Fsp3) is 0.625. The summed E-state index contributed by atoms with van der Waals surface area (Å²) in [5.74, 6) is 1.30. The van der Waals surface area contributed by atoms with Gasteiger partial charge in [0.05, 0.1) is 17.8 Å². The third kappa shape index (κ3) is 4.19. The Morgan fingerprint density at radius 1 is 1.38 bits per heavy atom. The van der Waals surface area contributed by atoms with Gasteiger partial charge in [-0.2, -0.15) is 0 Å². The van der Waals surface area contributed by atoms with Crippen LogP contribution in [0.1, 0.15) is 25.4 Å². The molecule has 0 saturated carbocycles. The predicted octanol–water partition coefficient (Wildman–Crippen LogP) is -0.258. The molecule has 1 aliphatic heterocycles. The van der Waals surface area contributed by atoms with Crippen molar-refractivity contribution in [3.05, 3.63) is 23.8 Å². The zero-order chi connectivity index (χ0) is 17.7. The lowest BCUT2D eigenvalue weighted by atomic mass is 10.0. The molecule has 0 aliphatic carbocycles. The number of nitrogens with zero attached hydrogens (tertiary/aromatic N) is 5. The maximum atomic E-state index is 11.6. The number of piperazine rings is 1. The topological polar surface area (TPSA) is 99.7 Å². The number of aromatic nitrogens is 2. The van der Waals surface area contributed by atoms with Crippen molar-refractivity contribution < 1.29 is 4.79 Å². The molecule has 1 aromatic rings. The number of rotatable bonds is 4. The third-order valence-corrected chi connectivity index (χ3v) is 4.45. The van der Waals surface area contributed by atoms with Gasteiger partial charge in [-0.25, -0.2) is 9.97 Å². The Hall–Kier alpha value is -2.22. The van der Waals surface area contributed by atoms with Crippen LogP contribution in [0.2, 0.25) is 0 Å². The molecule has 1 aromatic heterocycles. The number of nitrogens with one attached hydrogen (secondary N) is 1. The Bertz CT molecular complexity index is 606. The molecule has 2 heterocycles. The summed E-state index contributed by atoms with van der Waals surface area (Å²) >= 11 is 0. The van der Waals surface area contributed by atoms with E-state index in [9.17, 15) is 4.79 Å². The largest absolute Gasteiger partial charge is 0.368 e. The molecular weight excluding hydrogens is 306 g/mol. The fourth-order valence-corrected chi connectivity index (χ4v) is 2.74. The number of carbonyl (C=O) groups is 1. The van der Waals surface area contributed by atoms with Gasteiger partial charge in [0.15, 0.2) is 5.96 Å². The molecule has 0 radical (unpaired) electrons. The molecular formula is C16H27N7O. The summed E-state index contributed by atoms with van der Waals surface area (Å²) in [6, 6.07) is 1.89. The maximum absolute atomic E-state index is 11.6. The van der Waals surface area contributed by atoms with Crippen LogP contribution in [0, 0.1) is 6.92 Å². The molecule has 24 heavy (non-hydrogen) atoms. The van der Waals surface area contributed by atoms with Crippen LogP contribution in [-0.4, -0.2) is 70.4 Å². The Labute approximate surface area is 143 Å². The standard InChI is InChI=1S/C16H27N7O/c1-12-19-6-5-13(21-12)11-20-15(18-4)22-7-9-23(10-8-22)16(2,3)14(17)24/h5-6H,7-11H2,1-4H3,(H2,17,24)(H,18,20). The SMILES string of the molecule is CN=C(NCc1ccnc(C)n1)N1CCN(C(C)(C)C(N)=O)CC1. The van der Waals surface area contributed by atoms with Crippen molar-refractivity contribution in [1.82, 2.24) is 25.1 Å². The van der Waals surface area contributed by atoms with E-state index in [0.717, 1.165) is 43.7 Å². The first kappa shape index (κ1) is 18.1. The molecule has 0 bridgehead atoms. The first-order chi connectivity index (χ1) is 11.3. The summed E-state index contributed by atoms with van der Waals surface area (Å²) in [5.41, 5.74) is 5.81. The van der Waals surface area contributed by atoms with E-state index < -0.39 is 5.54 Å². The van der Waals surface area contributed by atoms with Crippen LogP contribution in [-0.2, 0) is 11.3 Å². The van der Waals surface area contributed by atoms with Crippen LogP contribution in [0.4, 0.5) is 0 Å². The Morgan fingerprint density at radius 2 is 2.04 bits per heavy atom. The summed E-state index contributed by atoms with van der Waals surface area (Å²) in [6.45, 7) is 9.33. The lowest BCUT2D eigenvalue weighted by Crippen LogP contribution is -2.61. The first-order valence-electron chi connectivity index (χ1n) is 8.13. The lowest BCUT2D eigenvalue weighted by molar-refractivity contribution is -0.129. The van der Waals surface area contributed by atoms with Crippen LogP contribution >= 0.6 is 0 Å². The normalized spacial score (nSPS) is 17.0. The van der Waals surface area contributed by atoms with E-state index in [1.165, 1.54) is 0 Å². The van der Waals surface area contributed by atoms with Crippen LogP contribution in [0.25, 0.3) is 0 Å². The molecule has 0 atom stereocenters. The van der Waals surface area contributed by atoms with E-state index in [2.05, 4.69) is 30.1 Å². The van der Waals surface area contributed by atoms with Gasteiger partial charge in [0.1, 0.15) is 5.82 Å². The maximum Gasteiger partial charge on any atom is 0.237 e. The zero-order valence-electron chi connectivity index (χ0n) is 14.9. The Balaban J connectivity index is 1.91. The van der Waals surface area contributed by atoms with Crippen LogP contribution in [0.15, 0.2) is 17.3 Å². The van der Waals surface area contributed by atoms with Crippen LogP contribution in [0.5, 0.6) is 0 Å². The fourth-order valence-electron chi connectivity index (χ4n) is 2.74. The van der Waals surface area contributed by atoms with Crippen molar-refractivity contribution in [2.24, 2.45) is 10.7 Å². The highest BCUT2D eigenvalue weighted by atomic mass is 16.1. The van der Waals surface area contributed by atoms with Crippen molar-refractivity contribution in [2.75, 3.05) is 33.2 Å². The predicted molar refractivity (Wildman–Crippen MR) is 93.4 cm³/mol. The number of aryl methyl sites for hydroxylation is 1. The van der Waals surface area contributed by atoms with Crippen molar-refractivity contribution in [1.29, 1.82) is 0 Å². The van der Waals surface area contributed by atoms with Gasteiger partial charge in [-0.05, 0) is 26.8 Å². The highest BCUT2D eigenvalue weighted by molar-refractivity contribution is 5.84. The molecule has 2 rings (SSSR count). The Morgan fingerprint density at radius 3 is 2.58 bits per heavy atom. The Kier molecular flexibility index (Phi) is 5.71. The summed E-state index contributed by atoms with van der Waals surface area (Å²) in [5, 5.41) is 3.33. The molecule has 3 N–H and O–H groups in total. The molecule has 1 aliphatic rings. The van der Waals surface area contributed by atoms with Gasteiger partial charge < -0.3 is 16.0 Å². The van der Waals surface area contributed by atoms with E-state index in [1.807, 2.05) is 26.8 Å². The molecule has 1 fully saturated rings. The molecule has 1 amide bonds. The highest BCUT2D eigenvalue weighted by Gasteiger charge is 2.35. The van der Waals surface area contributed by atoms with E-state index in [-0.39, 0.29) is 5.91 Å². The average Bonchev–Trinajstić information content (AvgIpc) is 2.56. The molecule has 132 valence electrons. The second-order valence-electron chi connectivity index (χ2n) is 6.39. The summed E-state index contributed by atoms with van der Waals surface area (Å²) in [6.07, 6.45) is 1.76. The molecule has 0 spiro atoms. The van der Waals surface area contributed by atoms with Crippen molar-refractivity contribution >= 4 is 11.9 Å². The molecule has 1 saturated heterocycles. The lowest BCUT2D eigenvalue weighted by Gasteiger charge is -2.43. The highest BCUT2D eigenvalue weighted by Crippen LogP contribution is 2.16. The number of carbonyl (C=O) groups excluding carboxylic acids is 1. The minimum atomic E-state index is -0.623. The quantitative estimate of drug-likeness (QED) is 0.582. The average molecular weight is 333 g/mol. The summed E-state index contributed by atoms with van der Waals surface area (Å²) < 4.78 is 0. The monoisotopic (exact) mass is 333 g/mol. The molecule has 8 nitrogen and oxygen atoms in total. The summed E-state index contributed by atoms with van der Waals surface area (Å²) in [4.78, 5) is 28.7. The summed E-state index contributed by atoms with van der Waals surface area (Å²) in [7, 11) is 1.77. The van der Waals surface area contributed by atoms with Gasteiger partial charge in [-0.1, -0.05) is 0 Å². The third-order valence-electron chi connectivity index (χ3n) is 4.45. The number of aliphatic imine (C=N–C) groups is 1. The first-order valence-corrected chi connectivity index (χ1v) is 8.13. The van der Waals surface area contributed by atoms with E-state index >= 15 is 0 Å². The van der Waals surface area contributed by atoms with Gasteiger partial charge in [-0.3, -0.25) is 14.7 Å². The van der Waals surface area contributed by atoms with Gasteiger partial charge >= 0.3 is 0 Å². The number of amides is 1. The number of hydrogen-bond donors (Lipinski definition) is 2. The van der Waals surface area contributed by atoms with Crippen molar-refractivity contribution in [3.8, 4) is 0 Å². The minimum Gasteiger partial charge on any atom is -0.368 e. The molecule has 0 unspecified atom stereocenters. The second kappa shape index (κ2) is 7.57. The van der Waals surface area contributed by atoms with Crippen molar-refractivity contribution in [3.63, 3.8) is 0 Å². The zero-order valence-corrected chi connectivity index (χ0v) is 14.9. The van der Waals surface area contributed by atoms with Gasteiger partial charge in [0, 0.05) is 39.4 Å². The second-order valence-corrected chi connectivity index (χ2v) is 6.39. The van der Waals surface area contributed by atoms with E-state index in [4.69, 9.17) is 5.73 Å². The number of primary amides is 1. The van der Waals surface area contributed by atoms with Crippen LogP contribution in [0.3, 0.4) is 0 Å². The number of guanidine groups is 1. The van der Waals surface area contributed by atoms with Crippen LogP contribution < -0.4 is 11.1 Å². The number of nitrogens with two attached hydrogens (primary N) is 1. The smallest absolute Gasteiger partial charge is 0.237 e. The molecule has 8 heteroatoms. The minimum absolute atomic E-state index is 0.294. The van der Waals surface area contributed by atoms with Gasteiger partial charge in [-0.15, -0.1) is 0 Å². The molecule has 0 aromatic carbocycles. The van der Waals surface area contributed by atoms with Crippen molar-refractivity contribution in [2.45, 2.75) is 32.9 Å². The van der Waals surface area contributed by atoms with Gasteiger partial charge in [0.25, 0.3) is 0 Å². The number of hydrogen-bond acceptors (Lipinski definition) is 5. The van der Waals surface area contributed by atoms with E-state index in [1.54, 1.807) is 13.2 Å². The van der Waals surface area contributed by atoms with E-state index in [0.29, 0.717) is 6.54 Å².